The Balaban J connectivity index is 3.29. The number of benzene rings is 1. The van der Waals surface area contributed by atoms with E-state index in [4.69, 9.17) is 4.74 Å². The molecule has 4 nitrogen and oxygen atoms in total. The monoisotopic (exact) mass is 357 g/mol. The van der Waals surface area contributed by atoms with E-state index in [1.54, 1.807) is 0 Å². The van der Waals surface area contributed by atoms with Crippen LogP contribution in [0, 0.1) is 0 Å². The average Bonchev–Trinajstić information content (AvgIpc) is 2.33. The summed E-state index contributed by atoms with van der Waals surface area (Å²) >= 11 is 0. The number of alkyl halides is 6. The zero-order valence-electron chi connectivity index (χ0n) is 12.7. The van der Waals surface area contributed by atoms with Gasteiger partial charge in [0.25, 0.3) is 5.78 Å². The van der Waals surface area contributed by atoms with Crippen molar-refractivity contribution in [3.63, 3.8) is 0 Å². The molecule has 0 heterocycles. The van der Waals surface area contributed by atoms with Crippen LogP contribution < -0.4 is 5.32 Å². The minimum Gasteiger partial charge on any atom is -0.444 e. The van der Waals surface area contributed by atoms with E-state index in [2.05, 4.69) is 0 Å². The third-order valence-corrected chi connectivity index (χ3v) is 2.48. The lowest BCUT2D eigenvalue weighted by Crippen LogP contribution is -2.29. The molecule has 24 heavy (non-hydrogen) atoms. The van der Waals surface area contributed by atoms with Crippen LogP contribution in [0.5, 0.6) is 0 Å². The second-order valence-electron chi connectivity index (χ2n) is 5.71. The van der Waals surface area contributed by atoms with Crippen LogP contribution in [0.15, 0.2) is 18.2 Å². The van der Waals surface area contributed by atoms with E-state index in [1.807, 2.05) is 5.32 Å². The van der Waals surface area contributed by atoms with Crippen molar-refractivity contribution < 1.29 is 40.7 Å². The normalized spacial score (nSPS) is 12.7. The van der Waals surface area contributed by atoms with Gasteiger partial charge in [-0.1, -0.05) is 0 Å². The maximum atomic E-state index is 12.6. The summed E-state index contributed by atoms with van der Waals surface area (Å²) in [4.78, 5) is 22.9. The zero-order chi connectivity index (χ0) is 18.9. The van der Waals surface area contributed by atoms with Crippen molar-refractivity contribution in [2.45, 2.75) is 38.7 Å². The van der Waals surface area contributed by atoms with E-state index in [9.17, 15) is 35.9 Å². The fraction of sp³-hybridized carbons (Fsp3) is 0.429. The number of ketones is 1. The zero-order valence-corrected chi connectivity index (χ0v) is 12.7. The first kappa shape index (κ1) is 19.8. The molecule has 1 N–H and O–H groups in total. The Morgan fingerprint density at radius 2 is 1.54 bits per heavy atom. The van der Waals surface area contributed by atoms with Crippen LogP contribution in [-0.4, -0.2) is 23.7 Å². The number of ether oxygens (including phenoxy) is 1. The summed E-state index contributed by atoms with van der Waals surface area (Å²) in [6.45, 7) is 4.42. The van der Waals surface area contributed by atoms with Crippen LogP contribution in [0.2, 0.25) is 0 Å². The second kappa shape index (κ2) is 6.33. The number of carbonyl (C=O) groups is 2. The number of carbonyl (C=O) groups excluding carboxylic acids is 2. The van der Waals surface area contributed by atoms with Crippen LogP contribution in [0.1, 0.15) is 36.7 Å². The molecule has 1 aromatic rings. The highest BCUT2D eigenvalue weighted by molar-refractivity contribution is 6.07. The quantitative estimate of drug-likeness (QED) is 0.611. The van der Waals surface area contributed by atoms with Gasteiger partial charge >= 0.3 is 18.4 Å². The lowest BCUT2D eigenvalue weighted by molar-refractivity contribution is -0.137. The molecule has 1 amide bonds. The summed E-state index contributed by atoms with van der Waals surface area (Å²) in [6, 6.07) is 1.04. The van der Waals surface area contributed by atoms with Crippen molar-refractivity contribution in [3.8, 4) is 0 Å². The molecular weight excluding hydrogens is 344 g/mol. The van der Waals surface area contributed by atoms with Gasteiger partial charge < -0.3 is 4.74 Å². The van der Waals surface area contributed by atoms with Gasteiger partial charge in [-0.25, -0.2) is 4.79 Å². The first-order chi connectivity index (χ1) is 10.6. The molecule has 0 aliphatic heterocycles. The van der Waals surface area contributed by atoms with E-state index in [0.717, 1.165) is 0 Å². The minimum absolute atomic E-state index is 0.0303. The molecule has 10 heteroatoms. The summed E-state index contributed by atoms with van der Waals surface area (Å²) in [5.41, 5.74) is -4.52. The smallest absolute Gasteiger partial charge is 0.444 e. The first-order valence-corrected chi connectivity index (χ1v) is 6.44. The summed E-state index contributed by atoms with van der Waals surface area (Å²) in [6.07, 6.45) is -11.6. The molecular formula is C14H13F6NO3. The van der Waals surface area contributed by atoms with Crippen LogP contribution in [0.25, 0.3) is 0 Å². The Morgan fingerprint density at radius 1 is 1.00 bits per heavy atom. The standard InChI is InChI=1S/C14H13F6NO3/c1-12(2,3)24-11(23)21-9-5-4-7(13(15,16)17)6-8(9)10(22)14(18,19)20/h4-6H,1-3H3,(H,21,23). The number of amides is 1. The molecule has 0 bridgehead atoms. The van der Waals surface area contributed by atoms with Crippen molar-refractivity contribution >= 4 is 17.6 Å². The molecule has 0 aromatic heterocycles. The number of Topliss-reactive ketones (excluding diaryl/α,β-unsaturated/α-hetero) is 1. The molecule has 0 radical (unpaired) electrons. The highest BCUT2D eigenvalue weighted by Gasteiger charge is 2.42. The summed E-state index contributed by atoms with van der Waals surface area (Å²) in [5.74, 6) is -2.51. The molecule has 0 unspecified atom stereocenters. The van der Waals surface area contributed by atoms with Gasteiger partial charge in [-0.15, -0.1) is 0 Å². The molecule has 0 atom stereocenters. The highest BCUT2D eigenvalue weighted by Crippen LogP contribution is 2.34. The van der Waals surface area contributed by atoms with Gasteiger partial charge in [0.2, 0.25) is 0 Å². The van der Waals surface area contributed by atoms with Crippen molar-refractivity contribution in [1.29, 1.82) is 0 Å². The Hall–Kier alpha value is -2.26. The molecule has 134 valence electrons. The molecule has 0 spiro atoms. The van der Waals surface area contributed by atoms with Crippen molar-refractivity contribution in [2.24, 2.45) is 0 Å². The summed E-state index contributed by atoms with van der Waals surface area (Å²) in [7, 11) is 0. The van der Waals surface area contributed by atoms with Crippen LogP contribution in [-0.2, 0) is 10.9 Å². The maximum absolute atomic E-state index is 12.6. The number of hydrogen-bond acceptors (Lipinski definition) is 3. The van der Waals surface area contributed by atoms with E-state index >= 15 is 0 Å². The Bertz CT molecular complexity index is 643. The first-order valence-electron chi connectivity index (χ1n) is 6.44. The van der Waals surface area contributed by atoms with Gasteiger partial charge in [-0.2, -0.15) is 26.3 Å². The summed E-state index contributed by atoms with van der Waals surface area (Å²) in [5, 5.41) is 1.85. The second-order valence-corrected chi connectivity index (χ2v) is 5.71. The Morgan fingerprint density at radius 3 is 1.96 bits per heavy atom. The topological polar surface area (TPSA) is 55.4 Å². The largest absolute Gasteiger partial charge is 0.454 e. The van der Waals surface area contributed by atoms with E-state index in [1.165, 1.54) is 20.8 Å². The minimum atomic E-state index is -5.41. The Kier molecular flexibility index (Phi) is 5.22. The third-order valence-electron chi connectivity index (χ3n) is 2.48. The van der Waals surface area contributed by atoms with Gasteiger partial charge in [0.15, 0.2) is 0 Å². The lowest BCUT2D eigenvalue weighted by atomic mass is 10.0. The van der Waals surface area contributed by atoms with E-state index < -0.39 is 46.6 Å². The van der Waals surface area contributed by atoms with Gasteiger partial charge in [0.1, 0.15) is 5.60 Å². The predicted molar refractivity (Wildman–Crippen MR) is 71.7 cm³/mol. The summed E-state index contributed by atoms with van der Waals surface area (Å²) < 4.78 is 80.4. The third kappa shape index (κ3) is 5.43. The molecule has 1 rings (SSSR count). The van der Waals surface area contributed by atoms with E-state index in [0.29, 0.717) is 12.1 Å². The lowest BCUT2D eigenvalue weighted by Gasteiger charge is -2.21. The van der Waals surface area contributed by atoms with Crippen molar-refractivity contribution in [3.05, 3.63) is 29.3 Å². The SMILES string of the molecule is CC(C)(C)OC(=O)Nc1ccc(C(F)(F)F)cc1C(=O)C(F)(F)F. The fourth-order valence-electron chi connectivity index (χ4n) is 1.58. The predicted octanol–water partition coefficient (Wildman–Crippen LogP) is 4.80. The van der Waals surface area contributed by atoms with Crippen molar-refractivity contribution in [2.75, 3.05) is 5.32 Å². The highest BCUT2D eigenvalue weighted by atomic mass is 19.4. The average molecular weight is 357 g/mol. The van der Waals surface area contributed by atoms with Crippen LogP contribution >= 0.6 is 0 Å². The number of hydrogen-bond donors (Lipinski definition) is 1. The number of anilines is 1. The Labute approximate surface area is 132 Å². The van der Waals surface area contributed by atoms with Crippen LogP contribution in [0.4, 0.5) is 36.8 Å². The van der Waals surface area contributed by atoms with Gasteiger partial charge in [-0.3, -0.25) is 10.1 Å². The number of halogens is 6. The van der Waals surface area contributed by atoms with Crippen molar-refractivity contribution in [1.82, 2.24) is 0 Å². The molecule has 1 aromatic carbocycles. The molecule has 0 aliphatic carbocycles. The molecule has 0 fully saturated rings. The van der Waals surface area contributed by atoms with Gasteiger partial charge in [0.05, 0.1) is 16.8 Å². The fourth-order valence-corrected chi connectivity index (χ4v) is 1.58. The van der Waals surface area contributed by atoms with Gasteiger partial charge in [0, 0.05) is 0 Å². The molecule has 0 saturated heterocycles. The maximum Gasteiger partial charge on any atom is 0.454 e. The van der Waals surface area contributed by atoms with E-state index in [-0.39, 0.29) is 6.07 Å². The number of nitrogens with one attached hydrogen (secondary N) is 1. The molecule has 0 aliphatic rings. The molecule has 0 saturated carbocycles. The van der Waals surface area contributed by atoms with Crippen LogP contribution in [0.3, 0.4) is 0 Å². The number of rotatable bonds is 2. The van der Waals surface area contributed by atoms with Gasteiger partial charge in [-0.05, 0) is 39.0 Å².